The monoisotopic (exact) mass is 139 g/mol. The number of hydrogen-bond donors (Lipinski definition) is 2. The molecule has 4 heteroatoms. The lowest BCUT2D eigenvalue weighted by molar-refractivity contribution is -0.128. The fourth-order valence-electron chi connectivity index (χ4n) is 0.862. The summed E-state index contributed by atoms with van der Waals surface area (Å²) >= 11 is 0. The van der Waals surface area contributed by atoms with Crippen LogP contribution in [0.2, 0.25) is 0 Å². The standard InChI is InChI=1S/C6H9N3O/c7-4-8-9-6(10)5-2-1-3-5/h5,8H,1-3H2,(H,9,10). The van der Waals surface area contributed by atoms with E-state index in [-0.39, 0.29) is 11.8 Å². The number of carbonyl (C=O) groups is 1. The Morgan fingerprint density at radius 1 is 1.60 bits per heavy atom. The molecule has 1 aliphatic carbocycles. The SMILES string of the molecule is N#CNNC(=O)C1CCC1. The Bertz CT molecular complexity index is 168. The van der Waals surface area contributed by atoms with E-state index in [0.717, 1.165) is 19.3 Å². The van der Waals surface area contributed by atoms with Crippen LogP contribution in [0.3, 0.4) is 0 Å². The predicted molar refractivity (Wildman–Crippen MR) is 34.2 cm³/mol. The van der Waals surface area contributed by atoms with Crippen molar-refractivity contribution in [1.29, 1.82) is 5.26 Å². The van der Waals surface area contributed by atoms with Gasteiger partial charge >= 0.3 is 0 Å². The molecule has 0 heterocycles. The van der Waals surface area contributed by atoms with Crippen LogP contribution in [0, 0.1) is 17.4 Å². The van der Waals surface area contributed by atoms with E-state index in [2.05, 4.69) is 10.9 Å². The van der Waals surface area contributed by atoms with Gasteiger partial charge in [0.15, 0.2) is 6.19 Å². The zero-order valence-corrected chi connectivity index (χ0v) is 5.55. The molecule has 1 fully saturated rings. The molecule has 10 heavy (non-hydrogen) atoms. The molecule has 0 aromatic rings. The zero-order valence-electron chi connectivity index (χ0n) is 5.55. The van der Waals surface area contributed by atoms with Crippen molar-refractivity contribution in [3.63, 3.8) is 0 Å². The molecule has 1 aliphatic rings. The van der Waals surface area contributed by atoms with Crippen molar-refractivity contribution in [2.45, 2.75) is 19.3 Å². The molecule has 1 saturated carbocycles. The number of hydrogen-bond acceptors (Lipinski definition) is 3. The summed E-state index contributed by atoms with van der Waals surface area (Å²) in [4.78, 5) is 10.9. The van der Waals surface area contributed by atoms with Crippen molar-refractivity contribution in [2.24, 2.45) is 5.92 Å². The van der Waals surface area contributed by atoms with Gasteiger partial charge in [-0.2, -0.15) is 5.26 Å². The lowest BCUT2D eigenvalue weighted by Crippen LogP contribution is -2.40. The highest BCUT2D eigenvalue weighted by Gasteiger charge is 2.24. The van der Waals surface area contributed by atoms with Gasteiger partial charge in [-0.3, -0.25) is 10.2 Å². The van der Waals surface area contributed by atoms with Gasteiger partial charge in [-0.1, -0.05) is 6.42 Å². The summed E-state index contributed by atoms with van der Waals surface area (Å²) in [5, 5.41) is 8.01. The van der Waals surface area contributed by atoms with Crippen LogP contribution in [-0.2, 0) is 4.79 Å². The minimum Gasteiger partial charge on any atom is -0.273 e. The largest absolute Gasteiger partial charge is 0.273 e. The zero-order chi connectivity index (χ0) is 7.40. The van der Waals surface area contributed by atoms with E-state index in [9.17, 15) is 4.79 Å². The molecular weight excluding hydrogens is 130 g/mol. The maximum absolute atomic E-state index is 10.9. The molecule has 0 spiro atoms. The first-order chi connectivity index (χ1) is 4.84. The van der Waals surface area contributed by atoms with Crippen LogP contribution < -0.4 is 10.9 Å². The molecule has 0 saturated heterocycles. The minimum atomic E-state index is -0.0622. The normalized spacial score (nSPS) is 16.7. The first kappa shape index (κ1) is 6.87. The highest BCUT2D eigenvalue weighted by molar-refractivity contribution is 5.78. The van der Waals surface area contributed by atoms with E-state index < -0.39 is 0 Å². The quantitative estimate of drug-likeness (QED) is 0.318. The maximum Gasteiger partial charge on any atom is 0.242 e. The number of amides is 1. The van der Waals surface area contributed by atoms with Crippen molar-refractivity contribution in [1.82, 2.24) is 10.9 Å². The molecule has 2 N–H and O–H groups in total. The second-order valence-electron chi connectivity index (χ2n) is 2.35. The van der Waals surface area contributed by atoms with Crippen molar-refractivity contribution >= 4 is 5.91 Å². The molecule has 0 atom stereocenters. The highest BCUT2D eigenvalue weighted by atomic mass is 16.2. The fraction of sp³-hybridized carbons (Fsp3) is 0.667. The third-order valence-electron chi connectivity index (χ3n) is 1.72. The van der Waals surface area contributed by atoms with E-state index in [1.54, 1.807) is 6.19 Å². The van der Waals surface area contributed by atoms with Crippen LogP contribution in [0.4, 0.5) is 0 Å². The summed E-state index contributed by atoms with van der Waals surface area (Å²) in [5.74, 6) is 0.0775. The number of hydrazine groups is 1. The van der Waals surface area contributed by atoms with Gasteiger partial charge in [0.25, 0.3) is 0 Å². The van der Waals surface area contributed by atoms with Crippen LogP contribution in [0.5, 0.6) is 0 Å². The van der Waals surface area contributed by atoms with Crippen LogP contribution in [-0.4, -0.2) is 5.91 Å². The third-order valence-corrected chi connectivity index (χ3v) is 1.72. The van der Waals surface area contributed by atoms with Crippen LogP contribution in [0.25, 0.3) is 0 Å². The Morgan fingerprint density at radius 3 is 2.70 bits per heavy atom. The van der Waals surface area contributed by atoms with Gasteiger partial charge in [0.2, 0.25) is 5.91 Å². The average Bonchev–Trinajstić information content (AvgIpc) is 1.79. The highest BCUT2D eigenvalue weighted by Crippen LogP contribution is 2.25. The Morgan fingerprint density at radius 2 is 2.30 bits per heavy atom. The summed E-state index contributed by atoms with van der Waals surface area (Å²) in [5.41, 5.74) is 4.39. The Kier molecular flexibility index (Phi) is 2.11. The molecule has 1 rings (SSSR count). The number of nitrogens with one attached hydrogen (secondary N) is 2. The predicted octanol–water partition coefficient (Wildman–Crippen LogP) is -0.112. The molecule has 1 amide bonds. The lowest BCUT2D eigenvalue weighted by Gasteiger charge is -2.23. The number of carbonyl (C=O) groups excluding carboxylic acids is 1. The molecule has 0 unspecified atom stereocenters. The van der Waals surface area contributed by atoms with Crippen molar-refractivity contribution < 1.29 is 4.79 Å². The van der Waals surface area contributed by atoms with Crippen molar-refractivity contribution in [2.75, 3.05) is 0 Å². The van der Waals surface area contributed by atoms with Gasteiger partial charge in [0.1, 0.15) is 0 Å². The van der Waals surface area contributed by atoms with Gasteiger partial charge < -0.3 is 0 Å². The average molecular weight is 139 g/mol. The summed E-state index contributed by atoms with van der Waals surface area (Å²) in [6.07, 6.45) is 4.66. The molecule has 4 nitrogen and oxygen atoms in total. The Labute approximate surface area is 59.2 Å². The molecule has 54 valence electrons. The Balaban J connectivity index is 2.15. The van der Waals surface area contributed by atoms with Gasteiger partial charge in [0.05, 0.1) is 0 Å². The fourth-order valence-corrected chi connectivity index (χ4v) is 0.862. The van der Waals surface area contributed by atoms with E-state index >= 15 is 0 Å². The molecule has 0 aromatic carbocycles. The third kappa shape index (κ3) is 1.38. The minimum absolute atomic E-state index is 0.0622. The van der Waals surface area contributed by atoms with E-state index in [4.69, 9.17) is 5.26 Å². The van der Waals surface area contributed by atoms with Gasteiger partial charge in [-0.15, -0.1) is 0 Å². The van der Waals surface area contributed by atoms with Crippen LogP contribution in [0.1, 0.15) is 19.3 Å². The van der Waals surface area contributed by atoms with Gasteiger partial charge in [-0.05, 0) is 12.8 Å². The van der Waals surface area contributed by atoms with Crippen molar-refractivity contribution in [3.05, 3.63) is 0 Å². The van der Waals surface area contributed by atoms with Crippen LogP contribution >= 0.6 is 0 Å². The number of nitriles is 1. The summed E-state index contributed by atoms with van der Waals surface area (Å²) in [6, 6.07) is 0. The van der Waals surface area contributed by atoms with Gasteiger partial charge in [0, 0.05) is 5.92 Å². The molecular formula is C6H9N3O. The number of rotatable bonds is 2. The van der Waals surface area contributed by atoms with Crippen LogP contribution in [0.15, 0.2) is 0 Å². The first-order valence-corrected chi connectivity index (χ1v) is 3.28. The molecule has 0 bridgehead atoms. The van der Waals surface area contributed by atoms with Gasteiger partial charge in [-0.25, -0.2) is 5.43 Å². The lowest BCUT2D eigenvalue weighted by atomic mass is 9.85. The topological polar surface area (TPSA) is 64.9 Å². The Hall–Kier alpha value is -1.24. The summed E-state index contributed by atoms with van der Waals surface area (Å²) < 4.78 is 0. The summed E-state index contributed by atoms with van der Waals surface area (Å²) in [6.45, 7) is 0. The van der Waals surface area contributed by atoms with E-state index in [0.29, 0.717) is 0 Å². The van der Waals surface area contributed by atoms with E-state index in [1.165, 1.54) is 0 Å². The smallest absolute Gasteiger partial charge is 0.242 e. The second kappa shape index (κ2) is 3.06. The molecule has 0 radical (unpaired) electrons. The summed E-state index contributed by atoms with van der Waals surface area (Å²) in [7, 11) is 0. The second-order valence-corrected chi connectivity index (χ2v) is 2.35. The molecule has 0 aromatic heterocycles. The van der Waals surface area contributed by atoms with Crippen molar-refractivity contribution in [3.8, 4) is 6.19 Å². The molecule has 0 aliphatic heterocycles. The first-order valence-electron chi connectivity index (χ1n) is 3.28. The van der Waals surface area contributed by atoms with E-state index in [1.807, 2.05) is 0 Å². The maximum atomic E-state index is 10.9. The number of nitrogens with zero attached hydrogens (tertiary/aromatic N) is 1.